The zero-order valence-electron chi connectivity index (χ0n) is 16.7. The molecule has 0 bridgehead atoms. The highest BCUT2D eigenvalue weighted by Crippen LogP contribution is 2.30. The lowest BCUT2D eigenvalue weighted by molar-refractivity contribution is 0.0936. The first kappa shape index (κ1) is 23.2. The fraction of sp³-hybridized carbons (Fsp3) is 0.381. The molecule has 0 radical (unpaired) electrons. The summed E-state index contributed by atoms with van der Waals surface area (Å²) in [5.74, 6) is 2.06. The standard InChI is InChI=1S/C21H27FN4O2.HI/c1-23-21(24-11-12-26(2)14-16-7-9-17(22)10-8-16)25-13-18-15-27-19-5-3-4-6-20(19)28-18;/h3-10,18H,11-15H2,1-2H3,(H2,23,24,25);1H. The average molecular weight is 514 g/mol. The summed E-state index contributed by atoms with van der Waals surface area (Å²) in [6.45, 7) is 3.43. The lowest BCUT2D eigenvalue weighted by Gasteiger charge is -2.27. The van der Waals surface area contributed by atoms with Gasteiger partial charge in [0.05, 0.1) is 6.54 Å². The molecule has 1 aliphatic rings. The van der Waals surface area contributed by atoms with E-state index in [0.717, 1.165) is 42.7 Å². The maximum absolute atomic E-state index is 13.0. The summed E-state index contributed by atoms with van der Waals surface area (Å²) in [7, 11) is 3.77. The first-order chi connectivity index (χ1) is 13.6. The molecule has 0 fully saturated rings. The summed E-state index contributed by atoms with van der Waals surface area (Å²) in [5.41, 5.74) is 1.08. The SMILES string of the molecule is CN=C(NCCN(C)Cc1ccc(F)cc1)NCC1COc2ccccc2O1.I. The van der Waals surface area contributed by atoms with Crippen LogP contribution in [0.5, 0.6) is 11.5 Å². The van der Waals surface area contributed by atoms with Crippen LogP contribution in [0.15, 0.2) is 53.5 Å². The van der Waals surface area contributed by atoms with Gasteiger partial charge >= 0.3 is 0 Å². The van der Waals surface area contributed by atoms with Crippen molar-refractivity contribution in [2.24, 2.45) is 4.99 Å². The number of fused-ring (bicyclic) bond motifs is 1. The summed E-state index contributed by atoms with van der Waals surface area (Å²) < 4.78 is 24.6. The number of hydrogen-bond acceptors (Lipinski definition) is 4. The molecule has 29 heavy (non-hydrogen) atoms. The molecule has 8 heteroatoms. The van der Waals surface area contributed by atoms with E-state index in [9.17, 15) is 4.39 Å². The number of guanidine groups is 1. The molecule has 0 saturated carbocycles. The number of para-hydroxylation sites is 2. The van der Waals surface area contributed by atoms with E-state index in [1.807, 2.05) is 43.4 Å². The van der Waals surface area contributed by atoms with Crippen LogP contribution in [-0.4, -0.2) is 57.3 Å². The van der Waals surface area contributed by atoms with Crippen molar-refractivity contribution in [3.63, 3.8) is 0 Å². The summed E-state index contributed by atoms with van der Waals surface area (Å²) in [6.07, 6.45) is -0.0744. The lowest BCUT2D eigenvalue weighted by atomic mass is 10.2. The maximum Gasteiger partial charge on any atom is 0.191 e. The van der Waals surface area contributed by atoms with Crippen LogP contribution in [0.3, 0.4) is 0 Å². The van der Waals surface area contributed by atoms with Gasteiger partial charge in [-0.1, -0.05) is 24.3 Å². The summed E-state index contributed by atoms with van der Waals surface area (Å²) in [5, 5.41) is 6.57. The Morgan fingerprint density at radius 1 is 1.14 bits per heavy atom. The second-order valence-corrected chi connectivity index (χ2v) is 6.74. The van der Waals surface area contributed by atoms with Gasteiger partial charge in [0.1, 0.15) is 18.5 Å². The van der Waals surface area contributed by atoms with Crippen molar-refractivity contribution in [1.29, 1.82) is 0 Å². The molecule has 1 atom stereocenters. The minimum atomic E-state index is -0.209. The second kappa shape index (κ2) is 11.8. The monoisotopic (exact) mass is 514 g/mol. The third-order valence-corrected chi connectivity index (χ3v) is 4.44. The Morgan fingerprint density at radius 2 is 1.86 bits per heavy atom. The molecule has 1 heterocycles. The van der Waals surface area contributed by atoms with Gasteiger partial charge in [-0.05, 0) is 36.9 Å². The fourth-order valence-electron chi connectivity index (χ4n) is 2.94. The first-order valence-electron chi connectivity index (χ1n) is 9.40. The van der Waals surface area contributed by atoms with Crippen LogP contribution in [0.2, 0.25) is 0 Å². The van der Waals surface area contributed by atoms with E-state index in [1.165, 1.54) is 12.1 Å². The quantitative estimate of drug-likeness (QED) is 0.338. The minimum absolute atomic E-state index is 0. The van der Waals surface area contributed by atoms with E-state index in [2.05, 4.69) is 20.5 Å². The van der Waals surface area contributed by atoms with Gasteiger partial charge in [-0.3, -0.25) is 4.99 Å². The molecule has 2 N–H and O–H groups in total. The topological polar surface area (TPSA) is 58.1 Å². The van der Waals surface area contributed by atoms with E-state index >= 15 is 0 Å². The largest absolute Gasteiger partial charge is 0.486 e. The van der Waals surface area contributed by atoms with Crippen LogP contribution in [0, 0.1) is 5.82 Å². The summed E-state index contributed by atoms with van der Waals surface area (Å²) in [4.78, 5) is 6.41. The summed E-state index contributed by atoms with van der Waals surface area (Å²) in [6, 6.07) is 14.3. The Bertz CT molecular complexity index is 789. The van der Waals surface area contributed by atoms with Crippen molar-refractivity contribution in [3.05, 3.63) is 59.9 Å². The van der Waals surface area contributed by atoms with Crippen LogP contribution in [0.1, 0.15) is 5.56 Å². The van der Waals surface area contributed by atoms with Crippen molar-refractivity contribution in [1.82, 2.24) is 15.5 Å². The smallest absolute Gasteiger partial charge is 0.191 e. The molecule has 6 nitrogen and oxygen atoms in total. The average Bonchev–Trinajstić information content (AvgIpc) is 2.72. The molecule has 0 amide bonds. The Hall–Kier alpha value is -2.07. The van der Waals surface area contributed by atoms with Crippen LogP contribution in [0.25, 0.3) is 0 Å². The van der Waals surface area contributed by atoms with Gasteiger partial charge in [-0.25, -0.2) is 4.39 Å². The summed E-state index contributed by atoms with van der Waals surface area (Å²) >= 11 is 0. The number of hydrogen-bond donors (Lipinski definition) is 2. The first-order valence-corrected chi connectivity index (χ1v) is 9.40. The molecule has 0 saturated heterocycles. The second-order valence-electron chi connectivity index (χ2n) is 6.74. The molecular weight excluding hydrogens is 486 g/mol. The van der Waals surface area contributed by atoms with Gasteiger partial charge in [0.2, 0.25) is 0 Å². The van der Waals surface area contributed by atoms with Crippen LogP contribution < -0.4 is 20.1 Å². The predicted molar refractivity (Wildman–Crippen MR) is 124 cm³/mol. The van der Waals surface area contributed by atoms with Gasteiger partial charge in [0, 0.05) is 26.7 Å². The van der Waals surface area contributed by atoms with Gasteiger partial charge in [0.15, 0.2) is 17.5 Å². The van der Waals surface area contributed by atoms with Gasteiger partial charge in [-0.15, -0.1) is 24.0 Å². The van der Waals surface area contributed by atoms with E-state index in [0.29, 0.717) is 13.2 Å². The van der Waals surface area contributed by atoms with E-state index in [4.69, 9.17) is 9.47 Å². The van der Waals surface area contributed by atoms with Gasteiger partial charge in [-0.2, -0.15) is 0 Å². The molecule has 0 aromatic heterocycles. The molecule has 1 unspecified atom stereocenters. The number of likely N-dealkylation sites (N-methyl/N-ethyl adjacent to an activating group) is 1. The Kier molecular flexibility index (Phi) is 9.46. The third-order valence-electron chi connectivity index (χ3n) is 4.44. The zero-order chi connectivity index (χ0) is 19.8. The fourth-order valence-corrected chi connectivity index (χ4v) is 2.94. The van der Waals surface area contributed by atoms with E-state index in [-0.39, 0.29) is 35.9 Å². The van der Waals surface area contributed by atoms with E-state index in [1.54, 1.807) is 7.05 Å². The van der Waals surface area contributed by atoms with Gasteiger partial charge in [0.25, 0.3) is 0 Å². The van der Waals surface area contributed by atoms with E-state index < -0.39 is 0 Å². The predicted octanol–water partition coefficient (Wildman–Crippen LogP) is 2.88. The van der Waals surface area contributed by atoms with Crippen LogP contribution in [0.4, 0.5) is 4.39 Å². The Labute approximate surface area is 188 Å². The maximum atomic E-state index is 13.0. The molecular formula is C21H28FIN4O2. The van der Waals surface area contributed by atoms with Crippen molar-refractivity contribution in [2.75, 3.05) is 40.3 Å². The lowest BCUT2D eigenvalue weighted by Crippen LogP contribution is -2.46. The number of nitrogens with zero attached hydrogens (tertiary/aromatic N) is 2. The zero-order valence-corrected chi connectivity index (χ0v) is 19.1. The highest BCUT2D eigenvalue weighted by atomic mass is 127. The number of aliphatic imine (C=N–C) groups is 1. The van der Waals surface area contributed by atoms with Crippen molar-refractivity contribution in [2.45, 2.75) is 12.6 Å². The highest BCUT2D eigenvalue weighted by molar-refractivity contribution is 14.0. The van der Waals surface area contributed by atoms with Gasteiger partial charge < -0.3 is 25.0 Å². The minimum Gasteiger partial charge on any atom is -0.486 e. The molecule has 3 rings (SSSR count). The molecule has 0 aliphatic carbocycles. The molecule has 158 valence electrons. The van der Waals surface area contributed by atoms with Crippen molar-refractivity contribution in [3.8, 4) is 11.5 Å². The van der Waals surface area contributed by atoms with Crippen LogP contribution >= 0.6 is 24.0 Å². The molecule has 2 aromatic carbocycles. The number of halogens is 2. The highest BCUT2D eigenvalue weighted by Gasteiger charge is 2.20. The third kappa shape index (κ3) is 7.36. The molecule has 2 aromatic rings. The number of benzene rings is 2. The Balaban J connectivity index is 0.00000300. The molecule has 0 spiro atoms. The van der Waals surface area contributed by atoms with Crippen LogP contribution in [-0.2, 0) is 6.54 Å². The number of rotatable bonds is 7. The number of ether oxygens (including phenoxy) is 2. The number of nitrogens with one attached hydrogen (secondary N) is 2. The van der Waals surface area contributed by atoms with Crippen molar-refractivity contribution >= 4 is 29.9 Å². The molecule has 1 aliphatic heterocycles. The Morgan fingerprint density at radius 3 is 2.59 bits per heavy atom. The normalized spacial score (nSPS) is 15.6. The van der Waals surface area contributed by atoms with Crippen molar-refractivity contribution < 1.29 is 13.9 Å².